The molecule has 0 aromatic heterocycles. The zero-order valence-electron chi connectivity index (χ0n) is 9.88. The fourth-order valence-corrected chi connectivity index (χ4v) is 1.97. The van der Waals surface area contributed by atoms with Crippen molar-refractivity contribution in [1.29, 1.82) is 0 Å². The lowest BCUT2D eigenvalue weighted by molar-refractivity contribution is -0.384. The number of rotatable bonds is 3. The Balaban J connectivity index is 2.53. The van der Waals surface area contributed by atoms with E-state index in [9.17, 15) is 19.3 Å². The van der Waals surface area contributed by atoms with Gasteiger partial charge in [-0.2, -0.15) is 0 Å². The number of nitro benzene ring substituents is 1. The second-order valence-corrected chi connectivity index (χ2v) is 4.09. The topological polar surface area (TPSA) is 83.7 Å². The molecule has 1 aromatic rings. The summed E-state index contributed by atoms with van der Waals surface area (Å²) in [5.74, 6) is -2.49. The average molecular weight is 266 g/mol. The van der Waals surface area contributed by atoms with Crippen LogP contribution in [-0.2, 0) is 0 Å². The largest absolute Gasteiger partial charge is 0.478 e. The zero-order chi connectivity index (χ0) is 14.0. The van der Waals surface area contributed by atoms with Gasteiger partial charge in [0.1, 0.15) is 17.1 Å². The maximum absolute atomic E-state index is 13.7. The molecule has 0 aliphatic carbocycles. The van der Waals surface area contributed by atoms with Gasteiger partial charge in [-0.3, -0.25) is 10.1 Å². The van der Waals surface area contributed by atoms with E-state index in [1.54, 1.807) is 4.90 Å². The van der Waals surface area contributed by atoms with Gasteiger partial charge in [0.15, 0.2) is 0 Å². The first-order valence-electron chi connectivity index (χ1n) is 5.62. The van der Waals surface area contributed by atoms with Crippen LogP contribution in [-0.4, -0.2) is 29.1 Å². The van der Waals surface area contributed by atoms with Crippen LogP contribution in [0.25, 0.3) is 0 Å². The molecule has 0 radical (unpaired) electrons. The van der Waals surface area contributed by atoms with Crippen molar-refractivity contribution in [1.82, 2.24) is 0 Å². The zero-order valence-corrected chi connectivity index (χ0v) is 9.88. The SMILES string of the molecule is O=C(O)c1cc([N+](=O)[O-])c(N2CC=CCC2)cc1F. The molecule has 1 heterocycles. The Morgan fingerprint density at radius 2 is 2.16 bits per heavy atom. The second kappa shape index (κ2) is 5.05. The van der Waals surface area contributed by atoms with E-state index in [1.165, 1.54) is 0 Å². The molecular formula is C12H11FN2O4. The third-order valence-electron chi connectivity index (χ3n) is 2.89. The third-order valence-corrected chi connectivity index (χ3v) is 2.89. The number of carboxylic acids is 1. The summed E-state index contributed by atoms with van der Waals surface area (Å²) in [6, 6.07) is 1.69. The van der Waals surface area contributed by atoms with Crippen LogP contribution < -0.4 is 4.90 Å². The lowest BCUT2D eigenvalue weighted by atomic mass is 10.1. The maximum atomic E-state index is 13.7. The molecule has 7 heteroatoms. The van der Waals surface area contributed by atoms with Crippen molar-refractivity contribution >= 4 is 17.3 Å². The summed E-state index contributed by atoms with van der Waals surface area (Å²) >= 11 is 0. The molecule has 0 spiro atoms. The van der Waals surface area contributed by atoms with Gasteiger partial charge >= 0.3 is 5.97 Å². The maximum Gasteiger partial charge on any atom is 0.338 e. The highest BCUT2D eigenvalue weighted by Gasteiger charge is 2.25. The number of hydrogen-bond acceptors (Lipinski definition) is 4. The van der Waals surface area contributed by atoms with E-state index >= 15 is 0 Å². The van der Waals surface area contributed by atoms with Crippen molar-refractivity contribution in [2.24, 2.45) is 0 Å². The van der Waals surface area contributed by atoms with Gasteiger partial charge in [0.05, 0.1) is 4.92 Å². The van der Waals surface area contributed by atoms with Crippen molar-refractivity contribution in [3.8, 4) is 0 Å². The van der Waals surface area contributed by atoms with Crippen LogP contribution in [0.5, 0.6) is 0 Å². The summed E-state index contributed by atoms with van der Waals surface area (Å²) < 4.78 is 13.7. The molecule has 0 saturated carbocycles. The molecule has 0 amide bonds. The normalized spacial score (nSPS) is 14.5. The molecule has 0 fully saturated rings. The smallest absolute Gasteiger partial charge is 0.338 e. The minimum absolute atomic E-state index is 0.108. The fourth-order valence-electron chi connectivity index (χ4n) is 1.97. The van der Waals surface area contributed by atoms with Gasteiger partial charge in [-0.25, -0.2) is 9.18 Å². The predicted molar refractivity (Wildman–Crippen MR) is 66.0 cm³/mol. The molecule has 0 unspecified atom stereocenters. The number of hydrogen-bond donors (Lipinski definition) is 1. The Labute approximate surface area is 107 Å². The van der Waals surface area contributed by atoms with Crippen molar-refractivity contribution in [2.45, 2.75) is 6.42 Å². The first kappa shape index (κ1) is 13.0. The van der Waals surface area contributed by atoms with Gasteiger partial charge in [-0.1, -0.05) is 12.2 Å². The molecule has 2 rings (SSSR count). The van der Waals surface area contributed by atoms with E-state index in [2.05, 4.69) is 0 Å². The highest BCUT2D eigenvalue weighted by molar-refractivity contribution is 5.90. The molecule has 0 atom stereocenters. The Hall–Kier alpha value is -2.44. The second-order valence-electron chi connectivity index (χ2n) is 4.09. The molecule has 1 aromatic carbocycles. The monoisotopic (exact) mass is 266 g/mol. The number of aromatic carboxylic acids is 1. The van der Waals surface area contributed by atoms with Crippen molar-refractivity contribution in [3.63, 3.8) is 0 Å². The Kier molecular flexibility index (Phi) is 3.46. The van der Waals surface area contributed by atoms with Gasteiger partial charge in [0.2, 0.25) is 0 Å². The van der Waals surface area contributed by atoms with Crippen LogP contribution in [0, 0.1) is 15.9 Å². The summed E-state index contributed by atoms with van der Waals surface area (Å²) in [7, 11) is 0. The summed E-state index contributed by atoms with van der Waals surface area (Å²) in [6.45, 7) is 0.968. The van der Waals surface area contributed by atoms with Crippen molar-refractivity contribution in [2.75, 3.05) is 18.0 Å². The van der Waals surface area contributed by atoms with E-state index in [0.717, 1.165) is 12.1 Å². The molecular weight excluding hydrogens is 255 g/mol. The molecule has 100 valence electrons. The number of nitrogens with zero attached hydrogens (tertiary/aromatic N) is 2. The standard InChI is InChI=1S/C12H11FN2O4/c13-9-7-10(14-4-2-1-3-5-14)11(15(18)19)6-8(9)12(16)17/h1-2,6-7H,3-5H2,(H,16,17). The molecule has 6 nitrogen and oxygen atoms in total. The molecule has 0 saturated heterocycles. The molecule has 1 aliphatic rings. The first-order valence-corrected chi connectivity index (χ1v) is 5.62. The van der Waals surface area contributed by atoms with E-state index in [4.69, 9.17) is 5.11 Å². The predicted octanol–water partition coefficient (Wildman–Crippen LogP) is 2.20. The number of carboxylic acid groups (broad SMARTS) is 1. The van der Waals surface area contributed by atoms with Crippen LogP contribution in [0.1, 0.15) is 16.8 Å². The number of nitro groups is 1. The van der Waals surface area contributed by atoms with Gasteiger partial charge < -0.3 is 10.0 Å². The Bertz CT molecular complexity index is 571. The van der Waals surface area contributed by atoms with E-state index in [-0.39, 0.29) is 5.69 Å². The van der Waals surface area contributed by atoms with E-state index in [1.807, 2.05) is 12.2 Å². The van der Waals surface area contributed by atoms with Crippen LogP contribution in [0.3, 0.4) is 0 Å². The van der Waals surface area contributed by atoms with Gasteiger partial charge in [0.25, 0.3) is 5.69 Å². The fraction of sp³-hybridized carbons (Fsp3) is 0.250. The van der Waals surface area contributed by atoms with E-state index in [0.29, 0.717) is 19.5 Å². The summed E-state index contributed by atoms with van der Waals surface area (Å²) in [5.41, 5.74) is -0.978. The number of carbonyl (C=O) groups is 1. The first-order chi connectivity index (χ1) is 9.00. The van der Waals surface area contributed by atoms with Gasteiger partial charge in [-0.05, 0) is 6.42 Å². The molecule has 19 heavy (non-hydrogen) atoms. The van der Waals surface area contributed by atoms with Crippen LogP contribution in [0.2, 0.25) is 0 Å². The molecule has 1 N–H and O–H groups in total. The van der Waals surface area contributed by atoms with Crippen molar-refractivity contribution in [3.05, 3.63) is 45.8 Å². The van der Waals surface area contributed by atoms with Gasteiger partial charge in [0, 0.05) is 25.2 Å². The number of anilines is 1. The highest BCUT2D eigenvalue weighted by atomic mass is 19.1. The van der Waals surface area contributed by atoms with Crippen molar-refractivity contribution < 1.29 is 19.2 Å². The molecule has 1 aliphatic heterocycles. The minimum Gasteiger partial charge on any atom is -0.478 e. The van der Waals surface area contributed by atoms with Gasteiger partial charge in [-0.15, -0.1) is 0 Å². The number of benzene rings is 1. The summed E-state index contributed by atoms with van der Waals surface area (Å²) in [5, 5.41) is 19.8. The quantitative estimate of drug-likeness (QED) is 0.515. The minimum atomic E-state index is -1.52. The van der Waals surface area contributed by atoms with Crippen LogP contribution in [0.15, 0.2) is 24.3 Å². The lowest BCUT2D eigenvalue weighted by Gasteiger charge is -2.25. The summed E-state index contributed by atoms with van der Waals surface area (Å²) in [6.07, 6.45) is 4.47. The average Bonchev–Trinajstić information content (AvgIpc) is 2.38. The number of halogens is 1. The van der Waals surface area contributed by atoms with E-state index < -0.39 is 28.0 Å². The lowest BCUT2D eigenvalue weighted by Crippen LogP contribution is -2.27. The summed E-state index contributed by atoms with van der Waals surface area (Å²) in [4.78, 5) is 22.7. The van der Waals surface area contributed by atoms with Crippen LogP contribution in [0.4, 0.5) is 15.8 Å². The molecule has 0 bridgehead atoms. The highest BCUT2D eigenvalue weighted by Crippen LogP contribution is 2.32. The Morgan fingerprint density at radius 1 is 1.42 bits per heavy atom. The third kappa shape index (κ3) is 2.54. The van der Waals surface area contributed by atoms with Crippen LogP contribution >= 0.6 is 0 Å². The Morgan fingerprint density at radius 3 is 2.68 bits per heavy atom.